The van der Waals surface area contributed by atoms with Crippen molar-refractivity contribution in [3.63, 3.8) is 0 Å². The molecule has 0 radical (unpaired) electrons. The van der Waals surface area contributed by atoms with Crippen LogP contribution < -0.4 is 5.73 Å². The number of fused-ring (bicyclic) bond motifs is 1. The first-order chi connectivity index (χ1) is 8.62. The molecule has 0 aliphatic carbocycles. The van der Waals surface area contributed by atoms with E-state index >= 15 is 0 Å². The average Bonchev–Trinajstić information content (AvgIpc) is 2.24. The van der Waals surface area contributed by atoms with Crippen LogP contribution in [0.25, 0.3) is 10.8 Å². The number of nitrogens with two attached hydrogens (primary N) is 1. The molecule has 0 atom stereocenters. The van der Waals surface area contributed by atoms with Gasteiger partial charge in [0.15, 0.2) is 0 Å². The number of nitrogen functional groups attached to an aromatic ring is 1. The van der Waals surface area contributed by atoms with Crippen LogP contribution in [0, 0.1) is 0 Å². The number of benzene rings is 2. The molecule has 0 unspecified atom stereocenters. The first kappa shape index (κ1) is 13.7. The lowest BCUT2D eigenvalue weighted by Crippen LogP contribution is -2.12. The van der Waals surface area contributed by atoms with Crippen LogP contribution in [0.3, 0.4) is 0 Å². The summed E-state index contributed by atoms with van der Waals surface area (Å²) in [6, 6.07) is 7.04. The standard InChI is InChI=1S/C10H9NO6S2/c11-8-5-6-3-1-2-4-7(6)9(18(12,13)14)10(8)19(15,16)17/h1-5H,11H2,(H,12,13,14)(H,15,16,17). The van der Waals surface area contributed by atoms with Gasteiger partial charge >= 0.3 is 0 Å². The fourth-order valence-corrected chi connectivity index (χ4v) is 3.99. The van der Waals surface area contributed by atoms with Crippen molar-refractivity contribution in [3.05, 3.63) is 30.3 Å². The van der Waals surface area contributed by atoms with Crippen LogP contribution >= 0.6 is 0 Å². The fourth-order valence-electron chi connectivity index (χ4n) is 1.84. The van der Waals surface area contributed by atoms with Crippen LogP contribution in [0.15, 0.2) is 40.1 Å². The molecule has 0 heterocycles. The highest BCUT2D eigenvalue weighted by Crippen LogP contribution is 2.34. The van der Waals surface area contributed by atoms with Gasteiger partial charge < -0.3 is 5.73 Å². The fraction of sp³-hybridized carbons (Fsp3) is 0. The molecule has 0 spiro atoms. The average molecular weight is 303 g/mol. The molecule has 0 fully saturated rings. The molecule has 0 saturated carbocycles. The molecular weight excluding hydrogens is 294 g/mol. The van der Waals surface area contributed by atoms with Gasteiger partial charge in [0.1, 0.15) is 9.79 Å². The normalized spacial score (nSPS) is 12.7. The third-order valence-corrected chi connectivity index (χ3v) is 4.53. The zero-order valence-corrected chi connectivity index (χ0v) is 10.9. The Labute approximate surface area is 109 Å². The second-order valence-corrected chi connectivity index (χ2v) is 6.51. The van der Waals surface area contributed by atoms with Crippen LogP contribution in [-0.4, -0.2) is 25.9 Å². The maximum atomic E-state index is 11.4. The molecular formula is C10H9NO6S2. The Bertz CT molecular complexity index is 870. The first-order valence-electron chi connectivity index (χ1n) is 4.88. The lowest BCUT2D eigenvalue weighted by molar-refractivity contribution is 0.468. The smallest absolute Gasteiger partial charge is 0.298 e. The van der Waals surface area contributed by atoms with E-state index in [9.17, 15) is 21.4 Å². The summed E-state index contributed by atoms with van der Waals surface area (Å²) in [6.07, 6.45) is 0. The molecule has 0 bridgehead atoms. The Balaban J connectivity index is 3.18. The van der Waals surface area contributed by atoms with Crippen molar-refractivity contribution < 1.29 is 25.9 Å². The number of hydrogen-bond acceptors (Lipinski definition) is 5. The predicted molar refractivity (Wildman–Crippen MR) is 68.0 cm³/mol. The first-order valence-corrected chi connectivity index (χ1v) is 7.76. The lowest BCUT2D eigenvalue weighted by atomic mass is 10.1. The Morgan fingerprint density at radius 2 is 1.42 bits per heavy atom. The van der Waals surface area contributed by atoms with Gasteiger partial charge in [-0.3, -0.25) is 9.11 Å². The number of hydrogen-bond donors (Lipinski definition) is 3. The Hall–Kier alpha value is -1.68. The van der Waals surface area contributed by atoms with Gasteiger partial charge in [-0.1, -0.05) is 24.3 Å². The Morgan fingerprint density at radius 3 is 1.95 bits per heavy atom. The summed E-state index contributed by atoms with van der Waals surface area (Å²) in [4.78, 5) is -1.95. The zero-order chi connectivity index (χ0) is 14.4. The van der Waals surface area contributed by atoms with Crippen molar-refractivity contribution >= 4 is 36.7 Å². The van der Waals surface area contributed by atoms with E-state index in [1.54, 1.807) is 6.07 Å². The molecule has 0 aliphatic rings. The summed E-state index contributed by atoms with van der Waals surface area (Å²) >= 11 is 0. The second-order valence-electron chi connectivity index (χ2n) is 3.80. The molecule has 9 heteroatoms. The summed E-state index contributed by atoms with van der Waals surface area (Å²) in [7, 11) is -9.79. The quantitative estimate of drug-likeness (QED) is 0.554. The molecule has 0 aliphatic heterocycles. The minimum absolute atomic E-state index is 0.0492. The van der Waals surface area contributed by atoms with E-state index in [4.69, 9.17) is 10.3 Å². The van der Waals surface area contributed by atoms with Gasteiger partial charge in [-0.25, -0.2) is 0 Å². The maximum Gasteiger partial charge on any atom is 0.298 e. The van der Waals surface area contributed by atoms with Crippen LogP contribution in [0.2, 0.25) is 0 Å². The van der Waals surface area contributed by atoms with Crippen molar-refractivity contribution in [2.45, 2.75) is 9.79 Å². The Kier molecular flexibility index (Phi) is 3.01. The monoisotopic (exact) mass is 303 g/mol. The van der Waals surface area contributed by atoms with E-state index in [2.05, 4.69) is 0 Å². The molecule has 2 aromatic carbocycles. The van der Waals surface area contributed by atoms with Crippen LogP contribution in [0.4, 0.5) is 5.69 Å². The number of anilines is 1. The van der Waals surface area contributed by atoms with Gasteiger partial charge in [0.25, 0.3) is 20.2 Å². The molecule has 0 amide bonds. The van der Waals surface area contributed by atoms with Crippen LogP contribution in [-0.2, 0) is 20.2 Å². The highest BCUT2D eigenvalue weighted by molar-refractivity contribution is 7.89. The molecule has 4 N–H and O–H groups in total. The Morgan fingerprint density at radius 1 is 0.895 bits per heavy atom. The van der Waals surface area contributed by atoms with Gasteiger partial charge in [-0.15, -0.1) is 0 Å². The zero-order valence-electron chi connectivity index (χ0n) is 9.31. The van der Waals surface area contributed by atoms with Crippen molar-refractivity contribution in [1.82, 2.24) is 0 Å². The molecule has 2 rings (SSSR count). The van der Waals surface area contributed by atoms with Crippen molar-refractivity contribution in [2.24, 2.45) is 0 Å². The summed E-state index contributed by atoms with van der Waals surface area (Å²) in [5.41, 5.74) is 4.99. The largest absolute Gasteiger partial charge is 0.398 e. The third-order valence-electron chi connectivity index (χ3n) is 2.50. The predicted octanol–water partition coefficient (Wildman–Crippen LogP) is 0.915. The highest BCUT2D eigenvalue weighted by Gasteiger charge is 2.29. The molecule has 102 valence electrons. The molecule has 0 saturated heterocycles. The van der Waals surface area contributed by atoms with Crippen molar-refractivity contribution in [3.8, 4) is 0 Å². The van der Waals surface area contributed by atoms with Gasteiger partial charge in [-0.05, 0) is 11.5 Å². The van der Waals surface area contributed by atoms with E-state index in [-0.39, 0.29) is 5.39 Å². The van der Waals surface area contributed by atoms with E-state index in [1.807, 2.05) is 0 Å². The van der Waals surface area contributed by atoms with E-state index < -0.39 is 35.7 Å². The third kappa shape index (κ3) is 2.40. The van der Waals surface area contributed by atoms with Crippen molar-refractivity contribution in [2.75, 3.05) is 5.73 Å². The second kappa shape index (κ2) is 4.17. The lowest BCUT2D eigenvalue weighted by Gasteiger charge is -2.11. The SMILES string of the molecule is Nc1cc2ccccc2c(S(=O)(=O)O)c1S(=O)(=O)O. The molecule has 2 aromatic rings. The minimum Gasteiger partial charge on any atom is -0.398 e. The summed E-state index contributed by atoms with van der Waals surface area (Å²) < 4.78 is 63.6. The summed E-state index contributed by atoms with van der Waals surface area (Å²) in [5.74, 6) is 0. The highest BCUT2D eigenvalue weighted by atomic mass is 32.2. The number of rotatable bonds is 2. The van der Waals surface area contributed by atoms with Crippen LogP contribution in [0.5, 0.6) is 0 Å². The molecule has 7 nitrogen and oxygen atoms in total. The van der Waals surface area contributed by atoms with Gasteiger partial charge in [0.2, 0.25) is 0 Å². The van der Waals surface area contributed by atoms with E-state index in [0.717, 1.165) is 0 Å². The molecule has 19 heavy (non-hydrogen) atoms. The van der Waals surface area contributed by atoms with Gasteiger partial charge in [0.05, 0.1) is 5.69 Å². The summed E-state index contributed by atoms with van der Waals surface area (Å²) in [6.45, 7) is 0. The topological polar surface area (TPSA) is 135 Å². The summed E-state index contributed by atoms with van der Waals surface area (Å²) in [5, 5.41) is 0.270. The van der Waals surface area contributed by atoms with Crippen LogP contribution in [0.1, 0.15) is 0 Å². The van der Waals surface area contributed by atoms with E-state index in [0.29, 0.717) is 5.39 Å². The van der Waals surface area contributed by atoms with Gasteiger partial charge in [-0.2, -0.15) is 16.8 Å². The van der Waals surface area contributed by atoms with E-state index in [1.165, 1.54) is 24.3 Å². The van der Waals surface area contributed by atoms with Crippen molar-refractivity contribution in [1.29, 1.82) is 0 Å². The molecule has 0 aromatic heterocycles. The maximum absolute atomic E-state index is 11.4. The minimum atomic E-state index is -4.90. The van der Waals surface area contributed by atoms with Gasteiger partial charge in [0, 0.05) is 5.39 Å².